The van der Waals surface area contributed by atoms with Crippen molar-refractivity contribution in [2.24, 2.45) is 5.92 Å². The number of halogens is 1. The maximum atomic E-state index is 13.1. The Balaban J connectivity index is 2.02. The summed E-state index contributed by atoms with van der Waals surface area (Å²) in [7, 11) is 0. The van der Waals surface area contributed by atoms with Crippen LogP contribution >= 0.6 is 0 Å². The van der Waals surface area contributed by atoms with E-state index in [9.17, 15) is 14.0 Å². The molecule has 2 N–H and O–H groups in total. The van der Waals surface area contributed by atoms with E-state index in [1.54, 1.807) is 13.0 Å². The Bertz CT molecular complexity index is 519. The zero-order chi connectivity index (χ0) is 14.0. The number of nitrogens with zero attached hydrogens (tertiary/aromatic N) is 1. The number of carbonyl (C=O) groups is 2. The van der Waals surface area contributed by atoms with Crippen molar-refractivity contribution in [2.45, 2.75) is 13.3 Å². The molecule has 0 spiro atoms. The number of benzene rings is 1. The van der Waals surface area contributed by atoms with Crippen molar-refractivity contribution in [3.05, 3.63) is 29.6 Å². The molecule has 1 aromatic rings. The summed E-state index contributed by atoms with van der Waals surface area (Å²) < 4.78 is 13.1. The Labute approximate surface area is 110 Å². The zero-order valence-corrected chi connectivity index (χ0v) is 10.5. The van der Waals surface area contributed by atoms with Crippen LogP contribution in [0.25, 0.3) is 0 Å². The number of carboxylic acid groups (broad SMARTS) is 1. The second-order valence-electron chi connectivity index (χ2n) is 4.66. The van der Waals surface area contributed by atoms with Crippen LogP contribution in [0.15, 0.2) is 18.2 Å². The van der Waals surface area contributed by atoms with Crippen LogP contribution in [-0.4, -0.2) is 35.1 Å². The lowest BCUT2D eigenvalue weighted by Gasteiger charge is -2.17. The minimum atomic E-state index is -0.891. The molecule has 1 aromatic carbocycles. The third-order valence-electron chi connectivity index (χ3n) is 3.27. The molecule has 0 aromatic heterocycles. The summed E-state index contributed by atoms with van der Waals surface area (Å²) in [5.41, 5.74) is 1.16. The first-order chi connectivity index (χ1) is 8.97. The van der Waals surface area contributed by atoms with Gasteiger partial charge in [-0.05, 0) is 31.0 Å². The first-order valence-corrected chi connectivity index (χ1v) is 6.02. The number of likely N-dealkylation sites (tertiary alicyclic amines) is 1. The Hall–Kier alpha value is -2.11. The number of rotatable bonds is 2. The molecular weight excluding hydrogens is 251 g/mol. The smallest absolute Gasteiger partial charge is 0.321 e. The summed E-state index contributed by atoms with van der Waals surface area (Å²) >= 11 is 0. The topological polar surface area (TPSA) is 69.6 Å². The predicted molar refractivity (Wildman–Crippen MR) is 67.5 cm³/mol. The SMILES string of the molecule is Cc1ccc(F)cc1NC(=O)N1CCC(C(=O)O)C1. The van der Waals surface area contributed by atoms with Crippen molar-refractivity contribution in [2.75, 3.05) is 18.4 Å². The molecule has 1 heterocycles. The molecule has 1 unspecified atom stereocenters. The largest absolute Gasteiger partial charge is 0.481 e. The van der Waals surface area contributed by atoms with Gasteiger partial charge in [-0.15, -0.1) is 0 Å². The Kier molecular flexibility index (Phi) is 3.69. The maximum absolute atomic E-state index is 13.1. The maximum Gasteiger partial charge on any atom is 0.321 e. The fourth-order valence-electron chi connectivity index (χ4n) is 2.07. The molecular formula is C13H15FN2O3. The highest BCUT2D eigenvalue weighted by atomic mass is 19.1. The average Bonchev–Trinajstić information content (AvgIpc) is 2.83. The monoisotopic (exact) mass is 266 g/mol. The van der Waals surface area contributed by atoms with Crippen LogP contribution in [0.4, 0.5) is 14.9 Å². The van der Waals surface area contributed by atoms with Gasteiger partial charge in [-0.2, -0.15) is 0 Å². The molecule has 1 saturated heterocycles. The van der Waals surface area contributed by atoms with Crippen LogP contribution in [-0.2, 0) is 4.79 Å². The van der Waals surface area contributed by atoms with Crippen LogP contribution < -0.4 is 5.32 Å². The summed E-state index contributed by atoms with van der Waals surface area (Å²) in [5, 5.41) is 11.5. The highest BCUT2D eigenvalue weighted by Gasteiger charge is 2.30. The van der Waals surface area contributed by atoms with E-state index in [1.807, 2.05) is 0 Å². The number of carbonyl (C=O) groups excluding carboxylic acids is 1. The van der Waals surface area contributed by atoms with Gasteiger partial charge >= 0.3 is 12.0 Å². The zero-order valence-electron chi connectivity index (χ0n) is 10.5. The number of hydrogen-bond donors (Lipinski definition) is 2. The molecule has 0 radical (unpaired) electrons. The predicted octanol–water partition coefficient (Wildman–Crippen LogP) is 2.07. The minimum Gasteiger partial charge on any atom is -0.481 e. The van der Waals surface area contributed by atoms with Crippen molar-refractivity contribution in [1.82, 2.24) is 4.90 Å². The lowest BCUT2D eigenvalue weighted by Crippen LogP contribution is -2.34. The van der Waals surface area contributed by atoms with E-state index < -0.39 is 23.7 Å². The molecule has 2 rings (SSSR count). The number of urea groups is 1. The highest BCUT2D eigenvalue weighted by Crippen LogP contribution is 2.20. The molecule has 1 aliphatic rings. The van der Waals surface area contributed by atoms with E-state index in [2.05, 4.69) is 5.32 Å². The van der Waals surface area contributed by atoms with Crippen LogP contribution in [0.3, 0.4) is 0 Å². The molecule has 1 atom stereocenters. The lowest BCUT2D eigenvalue weighted by atomic mass is 10.1. The van der Waals surface area contributed by atoms with Crippen molar-refractivity contribution in [1.29, 1.82) is 0 Å². The summed E-state index contributed by atoms with van der Waals surface area (Å²) in [6.45, 7) is 2.35. The van der Waals surface area contributed by atoms with Crippen molar-refractivity contribution >= 4 is 17.7 Å². The average molecular weight is 266 g/mol. The number of amides is 2. The lowest BCUT2D eigenvalue weighted by molar-refractivity contribution is -0.141. The Morgan fingerprint density at radius 1 is 1.47 bits per heavy atom. The molecule has 1 fully saturated rings. The Morgan fingerprint density at radius 2 is 2.21 bits per heavy atom. The number of nitrogens with one attached hydrogen (secondary N) is 1. The first-order valence-electron chi connectivity index (χ1n) is 6.02. The molecule has 102 valence electrons. The first kappa shape index (κ1) is 13.3. The van der Waals surface area contributed by atoms with E-state index in [0.717, 1.165) is 5.56 Å². The van der Waals surface area contributed by atoms with Gasteiger partial charge in [0.15, 0.2) is 0 Å². The molecule has 2 amide bonds. The van der Waals surface area contributed by atoms with Crippen molar-refractivity contribution in [3.63, 3.8) is 0 Å². The van der Waals surface area contributed by atoms with Gasteiger partial charge in [0.1, 0.15) is 5.82 Å². The van der Waals surface area contributed by atoms with E-state index in [0.29, 0.717) is 18.7 Å². The van der Waals surface area contributed by atoms with Crippen LogP contribution in [0.5, 0.6) is 0 Å². The third-order valence-corrected chi connectivity index (χ3v) is 3.27. The second kappa shape index (κ2) is 5.26. The normalized spacial score (nSPS) is 18.4. The third kappa shape index (κ3) is 3.01. The highest BCUT2D eigenvalue weighted by molar-refractivity contribution is 5.90. The van der Waals surface area contributed by atoms with Gasteiger partial charge in [-0.25, -0.2) is 9.18 Å². The van der Waals surface area contributed by atoms with Crippen molar-refractivity contribution in [3.8, 4) is 0 Å². The molecule has 1 aliphatic heterocycles. The molecule has 0 aliphatic carbocycles. The summed E-state index contributed by atoms with van der Waals surface area (Å²) in [5.74, 6) is -1.83. The number of aryl methyl sites for hydroxylation is 1. The molecule has 5 nitrogen and oxygen atoms in total. The van der Waals surface area contributed by atoms with Gasteiger partial charge in [0, 0.05) is 18.8 Å². The van der Waals surface area contributed by atoms with E-state index in [-0.39, 0.29) is 6.54 Å². The van der Waals surface area contributed by atoms with Gasteiger partial charge < -0.3 is 15.3 Å². The number of carboxylic acids is 1. The van der Waals surface area contributed by atoms with Crippen molar-refractivity contribution < 1.29 is 19.1 Å². The van der Waals surface area contributed by atoms with E-state index in [1.165, 1.54) is 17.0 Å². The number of anilines is 1. The van der Waals surface area contributed by atoms with Crippen LogP contribution in [0.1, 0.15) is 12.0 Å². The van der Waals surface area contributed by atoms with Gasteiger partial charge in [0.05, 0.1) is 5.92 Å². The fourth-order valence-corrected chi connectivity index (χ4v) is 2.07. The number of hydrogen-bond acceptors (Lipinski definition) is 2. The number of aliphatic carboxylic acids is 1. The van der Waals surface area contributed by atoms with Gasteiger partial charge in [-0.1, -0.05) is 6.07 Å². The summed E-state index contributed by atoms with van der Waals surface area (Å²) in [6, 6.07) is 3.76. The van der Waals surface area contributed by atoms with Crippen LogP contribution in [0, 0.1) is 18.7 Å². The van der Waals surface area contributed by atoms with Gasteiger partial charge in [0.25, 0.3) is 0 Å². The van der Waals surface area contributed by atoms with Gasteiger partial charge in [0.2, 0.25) is 0 Å². The summed E-state index contributed by atoms with van der Waals surface area (Å²) in [4.78, 5) is 24.2. The van der Waals surface area contributed by atoms with Crippen LogP contribution in [0.2, 0.25) is 0 Å². The summed E-state index contributed by atoms with van der Waals surface area (Å²) in [6.07, 6.45) is 0.449. The fraction of sp³-hybridized carbons (Fsp3) is 0.385. The quantitative estimate of drug-likeness (QED) is 0.861. The minimum absolute atomic E-state index is 0.190. The van der Waals surface area contributed by atoms with E-state index in [4.69, 9.17) is 5.11 Å². The molecule has 19 heavy (non-hydrogen) atoms. The molecule has 6 heteroatoms. The second-order valence-corrected chi connectivity index (χ2v) is 4.66. The van der Waals surface area contributed by atoms with E-state index >= 15 is 0 Å². The Morgan fingerprint density at radius 3 is 2.84 bits per heavy atom. The van der Waals surface area contributed by atoms with Gasteiger partial charge in [-0.3, -0.25) is 4.79 Å². The standard InChI is InChI=1S/C13H15FN2O3/c1-8-2-3-10(14)6-11(8)15-13(19)16-5-4-9(7-16)12(17)18/h2-3,6,9H,4-5,7H2,1H3,(H,15,19)(H,17,18). The molecule has 0 bridgehead atoms. The molecule has 0 saturated carbocycles.